The molecule has 2 aromatic rings. The maximum absolute atomic E-state index is 11.6. The summed E-state index contributed by atoms with van der Waals surface area (Å²) in [5, 5.41) is 1.92. The van der Waals surface area contributed by atoms with Gasteiger partial charge in [0.25, 0.3) is 0 Å². The van der Waals surface area contributed by atoms with E-state index in [4.69, 9.17) is 4.74 Å². The highest BCUT2D eigenvalue weighted by Crippen LogP contribution is 2.23. The molecule has 0 amide bonds. The van der Waals surface area contributed by atoms with Gasteiger partial charge in [0, 0.05) is 11.8 Å². The van der Waals surface area contributed by atoms with Crippen LogP contribution in [0.3, 0.4) is 0 Å². The van der Waals surface area contributed by atoms with Crippen molar-refractivity contribution in [1.82, 2.24) is 5.43 Å². The lowest BCUT2D eigenvalue weighted by molar-refractivity contribution is -0.137. The summed E-state index contributed by atoms with van der Waals surface area (Å²) >= 11 is 0. The van der Waals surface area contributed by atoms with Crippen LogP contribution in [0.1, 0.15) is 13.8 Å². The zero-order valence-corrected chi connectivity index (χ0v) is 12.8. The van der Waals surface area contributed by atoms with Crippen LogP contribution in [0.4, 0.5) is 11.4 Å². The van der Waals surface area contributed by atoms with Crippen molar-refractivity contribution in [3.63, 3.8) is 0 Å². The van der Waals surface area contributed by atoms with E-state index in [1.54, 1.807) is 6.92 Å². The molecule has 114 valence electrons. The quantitative estimate of drug-likeness (QED) is 0.500. The van der Waals surface area contributed by atoms with Gasteiger partial charge in [-0.25, -0.2) is 4.79 Å². The van der Waals surface area contributed by atoms with Gasteiger partial charge in [0.2, 0.25) is 0 Å². The zero-order chi connectivity index (χ0) is 15.8. The summed E-state index contributed by atoms with van der Waals surface area (Å²) in [7, 11) is 0. The van der Waals surface area contributed by atoms with E-state index in [-0.39, 0.29) is 5.97 Å². The van der Waals surface area contributed by atoms with Crippen molar-refractivity contribution < 1.29 is 9.53 Å². The van der Waals surface area contributed by atoms with Crippen LogP contribution in [0.25, 0.3) is 0 Å². The average Bonchev–Trinajstić information content (AvgIpc) is 2.54. The van der Waals surface area contributed by atoms with E-state index in [0.717, 1.165) is 11.4 Å². The monoisotopic (exact) mass is 296 g/mol. The van der Waals surface area contributed by atoms with E-state index in [0.29, 0.717) is 12.3 Å². The molecule has 0 aromatic heterocycles. The fourth-order valence-electron chi connectivity index (χ4n) is 2.00. The molecule has 1 N–H and O–H groups in total. The van der Waals surface area contributed by atoms with Crippen molar-refractivity contribution in [1.29, 1.82) is 0 Å². The number of benzene rings is 2. The minimum absolute atomic E-state index is 0.353. The number of nitrogens with one attached hydrogen (secondary N) is 1. The first kappa shape index (κ1) is 15.6. The lowest BCUT2D eigenvalue weighted by atomic mass is 10.2. The Kier molecular flexibility index (Phi) is 5.60. The fraction of sp³-hybridized carbons (Fsp3) is 0.167. The third-order valence-electron chi connectivity index (χ3n) is 2.94. The van der Waals surface area contributed by atoms with Crippen molar-refractivity contribution in [3.8, 4) is 0 Å². The van der Waals surface area contributed by atoms with Gasteiger partial charge in [-0.05, 0) is 38.1 Å². The number of rotatable bonds is 6. The van der Waals surface area contributed by atoms with Crippen LogP contribution in [-0.2, 0) is 9.53 Å². The number of carbonyl (C=O) groups is 1. The van der Waals surface area contributed by atoms with Gasteiger partial charge < -0.3 is 4.74 Å². The molecule has 0 fully saturated rings. The highest BCUT2D eigenvalue weighted by Gasteiger charge is 2.09. The number of hydrogen-bond acceptors (Lipinski definition) is 4. The molecule has 0 aliphatic rings. The molecule has 0 spiro atoms. The third-order valence-corrected chi connectivity index (χ3v) is 2.94. The maximum atomic E-state index is 11.6. The molecule has 0 unspecified atom stereocenters. The van der Waals surface area contributed by atoms with Crippen molar-refractivity contribution in [3.05, 3.63) is 72.4 Å². The maximum Gasteiger partial charge on any atom is 0.332 e. The summed E-state index contributed by atoms with van der Waals surface area (Å²) in [6.45, 7) is 3.98. The Morgan fingerprint density at radius 1 is 1.05 bits per heavy atom. The molecule has 0 radical (unpaired) electrons. The van der Waals surface area contributed by atoms with Gasteiger partial charge in [0.05, 0.1) is 18.0 Å². The molecule has 0 heterocycles. The van der Waals surface area contributed by atoms with E-state index in [1.165, 1.54) is 6.08 Å². The Labute approximate surface area is 131 Å². The lowest BCUT2D eigenvalue weighted by Gasteiger charge is -2.26. The van der Waals surface area contributed by atoms with Gasteiger partial charge in [-0.3, -0.25) is 10.4 Å². The number of carbonyl (C=O) groups excluding carboxylic acids is 1. The smallest absolute Gasteiger partial charge is 0.332 e. The SMILES string of the molecule is CCOC(=O)C=C(C)NN(c1ccccc1)c1ccccc1. The summed E-state index contributed by atoms with van der Waals surface area (Å²) < 4.78 is 4.93. The molecule has 0 atom stereocenters. The Morgan fingerprint density at radius 2 is 1.55 bits per heavy atom. The molecule has 2 aromatic carbocycles. The second-order valence-corrected chi connectivity index (χ2v) is 4.70. The van der Waals surface area contributed by atoms with Crippen molar-refractivity contribution in [2.75, 3.05) is 11.6 Å². The van der Waals surface area contributed by atoms with E-state index in [2.05, 4.69) is 5.43 Å². The highest BCUT2D eigenvalue weighted by molar-refractivity contribution is 5.82. The first-order valence-electron chi connectivity index (χ1n) is 7.22. The molecule has 0 aliphatic carbocycles. The van der Waals surface area contributed by atoms with Gasteiger partial charge in [-0.1, -0.05) is 36.4 Å². The number of anilines is 2. The van der Waals surface area contributed by atoms with Crippen LogP contribution in [0.2, 0.25) is 0 Å². The summed E-state index contributed by atoms with van der Waals surface area (Å²) in [6, 6.07) is 19.8. The number of hydrazine groups is 1. The topological polar surface area (TPSA) is 41.6 Å². The van der Waals surface area contributed by atoms with Gasteiger partial charge in [0.1, 0.15) is 0 Å². The van der Waals surface area contributed by atoms with Crippen LogP contribution in [0.5, 0.6) is 0 Å². The molecular weight excluding hydrogens is 276 g/mol. The summed E-state index contributed by atoms with van der Waals surface area (Å²) in [5.41, 5.74) is 5.89. The predicted molar refractivity (Wildman–Crippen MR) is 88.5 cm³/mol. The van der Waals surface area contributed by atoms with E-state index in [9.17, 15) is 4.79 Å². The van der Waals surface area contributed by atoms with Crippen LogP contribution in [0.15, 0.2) is 72.4 Å². The van der Waals surface area contributed by atoms with Gasteiger partial charge in [-0.2, -0.15) is 0 Å². The molecule has 22 heavy (non-hydrogen) atoms. The number of ether oxygens (including phenoxy) is 1. The van der Waals surface area contributed by atoms with Gasteiger partial charge in [0.15, 0.2) is 0 Å². The van der Waals surface area contributed by atoms with Gasteiger partial charge in [-0.15, -0.1) is 0 Å². The van der Waals surface area contributed by atoms with E-state index < -0.39 is 0 Å². The zero-order valence-electron chi connectivity index (χ0n) is 12.8. The van der Waals surface area contributed by atoms with Crippen LogP contribution in [0, 0.1) is 0 Å². The van der Waals surface area contributed by atoms with Gasteiger partial charge >= 0.3 is 5.97 Å². The normalized spacial score (nSPS) is 10.9. The predicted octanol–water partition coefficient (Wildman–Crippen LogP) is 3.80. The molecule has 0 saturated heterocycles. The molecule has 0 saturated carbocycles. The highest BCUT2D eigenvalue weighted by atomic mass is 16.5. The first-order chi connectivity index (χ1) is 10.7. The summed E-state index contributed by atoms with van der Waals surface area (Å²) in [4.78, 5) is 11.6. The second-order valence-electron chi connectivity index (χ2n) is 4.70. The third kappa shape index (κ3) is 4.38. The summed E-state index contributed by atoms with van der Waals surface area (Å²) in [5.74, 6) is -0.353. The van der Waals surface area contributed by atoms with Crippen molar-refractivity contribution in [2.24, 2.45) is 0 Å². The molecule has 2 rings (SSSR count). The summed E-state index contributed by atoms with van der Waals surface area (Å²) in [6.07, 6.45) is 1.45. The first-order valence-corrected chi connectivity index (χ1v) is 7.22. The van der Waals surface area contributed by atoms with Crippen molar-refractivity contribution in [2.45, 2.75) is 13.8 Å². The minimum atomic E-state index is -0.353. The number of hydrogen-bond donors (Lipinski definition) is 1. The van der Waals surface area contributed by atoms with Crippen LogP contribution < -0.4 is 10.4 Å². The van der Waals surface area contributed by atoms with Crippen molar-refractivity contribution >= 4 is 17.3 Å². The van der Waals surface area contributed by atoms with Crippen LogP contribution >= 0.6 is 0 Å². The molecule has 0 bridgehead atoms. The number of para-hydroxylation sites is 2. The Hall–Kier alpha value is -2.75. The Balaban J connectivity index is 2.25. The van der Waals surface area contributed by atoms with E-state index in [1.807, 2.05) is 72.6 Å². The fourth-order valence-corrected chi connectivity index (χ4v) is 2.00. The number of nitrogens with zero attached hydrogens (tertiary/aromatic N) is 1. The lowest BCUT2D eigenvalue weighted by Crippen LogP contribution is -2.32. The number of esters is 1. The number of allylic oxidation sites excluding steroid dienone is 1. The minimum Gasteiger partial charge on any atom is -0.463 e. The largest absolute Gasteiger partial charge is 0.463 e. The molecule has 0 aliphatic heterocycles. The molecular formula is C18H20N2O2. The standard InChI is InChI=1S/C18H20N2O2/c1-3-22-18(21)14-15(2)19-20(16-10-6-4-7-11-16)17-12-8-5-9-13-17/h4-14,19H,3H2,1-2H3. The van der Waals surface area contributed by atoms with Crippen LogP contribution in [-0.4, -0.2) is 12.6 Å². The Bertz CT molecular complexity index is 585. The molecule has 4 nitrogen and oxygen atoms in total. The second kappa shape index (κ2) is 7.88. The molecule has 4 heteroatoms. The van der Waals surface area contributed by atoms with E-state index >= 15 is 0 Å². The average molecular weight is 296 g/mol. The Morgan fingerprint density at radius 3 is 2.00 bits per heavy atom.